The highest BCUT2D eigenvalue weighted by Crippen LogP contribution is 2.34. The van der Waals surface area contributed by atoms with E-state index in [2.05, 4.69) is 30.7 Å². The van der Waals surface area contributed by atoms with Crippen molar-refractivity contribution in [2.45, 2.75) is 44.3 Å². The molecule has 1 saturated carbocycles. The highest BCUT2D eigenvalue weighted by atomic mass is 19.3. The van der Waals surface area contributed by atoms with Gasteiger partial charge in [-0.1, -0.05) is 6.07 Å². The molecule has 2 heterocycles. The largest absolute Gasteiger partial charge is 0.386 e. The number of fused-ring (bicyclic) bond motifs is 1. The fourth-order valence-electron chi connectivity index (χ4n) is 3.98. The molecule has 4 N–H and O–H groups in total. The van der Waals surface area contributed by atoms with Crippen LogP contribution in [0.25, 0.3) is 22.2 Å². The quantitative estimate of drug-likeness (QED) is 0.362. The second kappa shape index (κ2) is 9.34. The zero-order valence-corrected chi connectivity index (χ0v) is 17.2. The number of rotatable bonds is 8. The number of H-pyrrole nitrogens is 1. The lowest BCUT2D eigenvalue weighted by atomic mass is 9.93. The summed E-state index contributed by atoms with van der Waals surface area (Å²) in [7, 11) is 1.79. The Morgan fingerprint density at radius 2 is 2.10 bits per heavy atom. The van der Waals surface area contributed by atoms with Crippen LogP contribution in [0.5, 0.6) is 0 Å². The van der Waals surface area contributed by atoms with Crippen LogP contribution in [0.15, 0.2) is 35.7 Å². The first-order valence-corrected chi connectivity index (χ1v) is 10.3. The van der Waals surface area contributed by atoms with E-state index < -0.39 is 13.0 Å². The summed E-state index contributed by atoms with van der Waals surface area (Å²) >= 11 is 0. The van der Waals surface area contributed by atoms with E-state index in [4.69, 9.17) is 10.3 Å². The van der Waals surface area contributed by atoms with E-state index in [1.165, 1.54) is 0 Å². The molecular weight excluding hydrogens is 404 g/mol. The first-order valence-electron chi connectivity index (χ1n) is 10.3. The maximum Gasteiger partial charge on any atom is 0.261 e. The number of ether oxygens (including phenoxy) is 1. The van der Waals surface area contributed by atoms with Gasteiger partial charge in [-0.25, -0.2) is 19.3 Å². The summed E-state index contributed by atoms with van der Waals surface area (Å²) < 4.78 is 29.8. The van der Waals surface area contributed by atoms with Crippen LogP contribution in [-0.2, 0) is 4.74 Å². The Morgan fingerprint density at radius 3 is 2.81 bits per heavy atom. The number of halogens is 2. The summed E-state index contributed by atoms with van der Waals surface area (Å²) in [6, 6.07) is 5.84. The van der Waals surface area contributed by atoms with Gasteiger partial charge in [-0.05, 0) is 43.4 Å². The smallest absolute Gasteiger partial charge is 0.261 e. The van der Waals surface area contributed by atoms with Crippen molar-refractivity contribution < 1.29 is 13.5 Å². The topological polar surface area (TPSA) is 111 Å². The van der Waals surface area contributed by atoms with Gasteiger partial charge in [-0.15, -0.1) is 0 Å². The Kier molecular flexibility index (Phi) is 6.36. The Morgan fingerprint density at radius 1 is 1.29 bits per heavy atom. The fraction of sp³-hybridized carbons (Fsp3) is 0.429. The fourth-order valence-corrected chi connectivity index (χ4v) is 3.98. The molecule has 0 bridgehead atoms. The highest BCUT2D eigenvalue weighted by Gasteiger charge is 2.23. The summed E-state index contributed by atoms with van der Waals surface area (Å²) in [5, 5.41) is 10.8. The third kappa shape index (κ3) is 4.79. The lowest BCUT2D eigenvalue weighted by Crippen LogP contribution is -2.31. The van der Waals surface area contributed by atoms with E-state index in [-0.39, 0.29) is 12.1 Å². The van der Waals surface area contributed by atoms with Gasteiger partial charge < -0.3 is 20.4 Å². The predicted molar refractivity (Wildman–Crippen MR) is 115 cm³/mol. The molecule has 0 saturated heterocycles. The maximum atomic E-state index is 12.3. The van der Waals surface area contributed by atoms with Crippen LogP contribution in [0.2, 0.25) is 0 Å². The summed E-state index contributed by atoms with van der Waals surface area (Å²) in [4.78, 5) is 12.3. The van der Waals surface area contributed by atoms with Gasteiger partial charge in [0.1, 0.15) is 17.9 Å². The molecule has 0 unspecified atom stereocenters. The molecule has 1 aliphatic carbocycles. The normalized spacial score (nSPS) is 19.0. The average molecular weight is 429 g/mol. The Balaban J connectivity index is 1.44. The van der Waals surface area contributed by atoms with Crippen LogP contribution < -0.4 is 10.6 Å². The van der Waals surface area contributed by atoms with Crippen molar-refractivity contribution in [1.29, 1.82) is 5.53 Å². The minimum absolute atomic E-state index is 0.0989. The average Bonchev–Trinajstić information content (AvgIpc) is 3.21. The molecule has 2 aromatic heterocycles. The first-order chi connectivity index (χ1) is 15.1. The lowest BCUT2D eigenvalue weighted by molar-refractivity contribution is -0.0374. The molecule has 0 spiro atoms. The van der Waals surface area contributed by atoms with Gasteiger partial charge in [0.15, 0.2) is 0 Å². The molecule has 10 heteroatoms. The van der Waals surface area contributed by atoms with Crippen molar-refractivity contribution >= 4 is 28.4 Å². The minimum Gasteiger partial charge on any atom is -0.386 e. The Bertz CT molecular complexity index is 1050. The molecule has 8 nitrogen and oxygen atoms in total. The number of anilines is 2. The van der Waals surface area contributed by atoms with Crippen LogP contribution in [0.4, 0.5) is 26.1 Å². The monoisotopic (exact) mass is 429 g/mol. The van der Waals surface area contributed by atoms with Crippen molar-refractivity contribution in [3.63, 3.8) is 0 Å². The van der Waals surface area contributed by atoms with Gasteiger partial charge in [0, 0.05) is 36.4 Å². The third-order valence-electron chi connectivity index (χ3n) is 5.59. The van der Waals surface area contributed by atoms with Crippen molar-refractivity contribution in [3.8, 4) is 11.1 Å². The number of hydrogen-bond acceptors (Lipinski definition) is 7. The second-order valence-corrected chi connectivity index (χ2v) is 7.59. The molecule has 0 aliphatic heterocycles. The molecule has 4 rings (SSSR count). The number of alkyl halides is 2. The van der Waals surface area contributed by atoms with Crippen molar-refractivity contribution in [1.82, 2.24) is 15.0 Å². The van der Waals surface area contributed by atoms with E-state index in [9.17, 15) is 8.78 Å². The first kappa shape index (κ1) is 21.1. The predicted octanol–water partition coefficient (Wildman–Crippen LogP) is 5.33. The van der Waals surface area contributed by atoms with Gasteiger partial charge in [-0.2, -0.15) is 10.1 Å². The minimum atomic E-state index is -2.42. The number of aromatic nitrogens is 3. The van der Waals surface area contributed by atoms with E-state index >= 15 is 0 Å². The molecule has 0 atom stereocenters. The molecule has 3 aromatic rings. The summed E-state index contributed by atoms with van der Waals surface area (Å²) in [6.45, 7) is -0.492. The molecule has 0 radical (unpaired) electrons. The number of aromatic amines is 1. The van der Waals surface area contributed by atoms with Crippen LogP contribution in [-0.4, -0.2) is 47.2 Å². The Labute approximate surface area is 178 Å². The van der Waals surface area contributed by atoms with Gasteiger partial charge >= 0.3 is 0 Å². The van der Waals surface area contributed by atoms with E-state index in [0.29, 0.717) is 11.6 Å². The van der Waals surface area contributed by atoms with Crippen molar-refractivity contribution in [3.05, 3.63) is 30.6 Å². The Hall–Kier alpha value is -3.14. The van der Waals surface area contributed by atoms with Crippen LogP contribution in [0, 0.1) is 5.53 Å². The number of nitrogens with zero attached hydrogens (tertiary/aromatic N) is 3. The molecular formula is C21H25F2N7O. The van der Waals surface area contributed by atoms with Gasteiger partial charge in [-0.3, -0.25) is 0 Å². The SMILES string of the molecule is CNc1cc(-c2c[nH]c3nc(NC4CCC(OCC(F)F)CC4)ncc23)ccc1N=N. The van der Waals surface area contributed by atoms with Crippen molar-refractivity contribution in [2.24, 2.45) is 5.11 Å². The van der Waals surface area contributed by atoms with E-state index in [0.717, 1.165) is 53.5 Å². The van der Waals surface area contributed by atoms with Gasteiger partial charge in [0.25, 0.3) is 6.43 Å². The van der Waals surface area contributed by atoms with Gasteiger partial charge in [0.05, 0.1) is 11.8 Å². The summed E-state index contributed by atoms with van der Waals surface area (Å²) in [5.74, 6) is 0.539. The second-order valence-electron chi connectivity index (χ2n) is 7.59. The van der Waals surface area contributed by atoms with Crippen LogP contribution >= 0.6 is 0 Å². The molecule has 1 aliphatic rings. The summed E-state index contributed by atoms with van der Waals surface area (Å²) in [5.41, 5.74) is 11.3. The number of benzene rings is 1. The number of nitrogens with one attached hydrogen (secondary N) is 4. The van der Waals surface area contributed by atoms with E-state index in [1.807, 2.05) is 18.3 Å². The van der Waals surface area contributed by atoms with Crippen LogP contribution in [0.1, 0.15) is 25.7 Å². The zero-order chi connectivity index (χ0) is 21.8. The highest BCUT2D eigenvalue weighted by molar-refractivity contribution is 5.94. The van der Waals surface area contributed by atoms with Crippen molar-refractivity contribution in [2.75, 3.05) is 24.3 Å². The maximum absolute atomic E-state index is 12.3. The molecule has 31 heavy (non-hydrogen) atoms. The standard InChI is InChI=1S/C21H25F2N7O/c1-25-18-8-12(2-7-17(18)30-24)15-9-26-20-16(15)10-27-21(29-20)28-13-3-5-14(6-4-13)31-11-19(22)23/h2,7-10,13-14,19,24-25H,3-6,11H2,1H3,(H2,26,27,28,29). The third-order valence-corrected chi connectivity index (χ3v) is 5.59. The molecule has 1 fully saturated rings. The molecule has 0 amide bonds. The van der Waals surface area contributed by atoms with Gasteiger partial charge in [0.2, 0.25) is 5.95 Å². The van der Waals surface area contributed by atoms with E-state index in [1.54, 1.807) is 19.3 Å². The molecule has 1 aromatic carbocycles. The number of hydrogen-bond donors (Lipinski definition) is 4. The lowest BCUT2D eigenvalue weighted by Gasteiger charge is -2.29. The van der Waals surface area contributed by atoms with Crippen LogP contribution in [0.3, 0.4) is 0 Å². The molecule has 164 valence electrons. The zero-order valence-electron chi connectivity index (χ0n) is 17.2. The summed E-state index contributed by atoms with van der Waals surface area (Å²) in [6.07, 6.45) is 4.30.